The number of aromatic nitrogens is 2. The fraction of sp³-hybridized carbons (Fsp3) is 0.154. The van der Waals surface area contributed by atoms with Gasteiger partial charge >= 0.3 is 0 Å². The van der Waals surface area contributed by atoms with Crippen molar-refractivity contribution < 1.29 is 9.47 Å². The summed E-state index contributed by atoms with van der Waals surface area (Å²) in [6, 6.07) is 9.00. The van der Waals surface area contributed by atoms with Gasteiger partial charge in [-0.15, -0.1) is 0 Å². The molecule has 1 aromatic carbocycles. The highest BCUT2D eigenvalue weighted by Gasteiger charge is 2.12. The average molecular weight is 254 g/mol. The van der Waals surface area contributed by atoms with Crippen LogP contribution in [0.25, 0.3) is 0 Å². The first-order valence-electron chi connectivity index (χ1n) is 5.75. The van der Waals surface area contributed by atoms with Crippen LogP contribution in [-0.4, -0.2) is 23.2 Å². The van der Waals surface area contributed by atoms with Crippen molar-refractivity contribution in [2.45, 2.75) is 0 Å². The second-order valence-corrected chi connectivity index (χ2v) is 3.86. The Morgan fingerprint density at radius 3 is 2.84 bits per heavy atom. The van der Waals surface area contributed by atoms with Gasteiger partial charge in [0.15, 0.2) is 11.5 Å². The number of benzene rings is 1. The topological polar surface area (TPSA) is 80.1 Å². The molecule has 2 aromatic rings. The molecule has 6 nitrogen and oxygen atoms in total. The van der Waals surface area contributed by atoms with Crippen LogP contribution in [0.1, 0.15) is 5.69 Å². The Balaban J connectivity index is 1.85. The van der Waals surface area contributed by atoms with Crippen LogP contribution in [0.4, 0.5) is 11.6 Å². The van der Waals surface area contributed by atoms with E-state index in [1.54, 1.807) is 6.07 Å². The molecule has 94 valence electrons. The van der Waals surface area contributed by atoms with Gasteiger partial charge < -0.3 is 14.8 Å². The van der Waals surface area contributed by atoms with Gasteiger partial charge in [0.25, 0.3) is 0 Å². The first-order valence-corrected chi connectivity index (χ1v) is 5.75. The Labute approximate surface area is 109 Å². The molecular weight excluding hydrogens is 244 g/mol. The van der Waals surface area contributed by atoms with E-state index in [-0.39, 0.29) is 0 Å². The summed E-state index contributed by atoms with van der Waals surface area (Å²) in [5.41, 5.74) is 1.09. The maximum Gasteiger partial charge on any atom is 0.228 e. The van der Waals surface area contributed by atoms with Gasteiger partial charge in [-0.2, -0.15) is 5.26 Å². The molecule has 0 amide bonds. The van der Waals surface area contributed by atoms with Crippen LogP contribution < -0.4 is 14.8 Å². The van der Waals surface area contributed by atoms with E-state index in [0.29, 0.717) is 30.6 Å². The zero-order valence-corrected chi connectivity index (χ0v) is 9.96. The molecule has 0 bridgehead atoms. The van der Waals surface area contributed by atoms with Crippen molar-refractivity contribution in [2.75, 3.05) is 18.5 Å². The number of rotatable bonds is 2. The van der Waals surface area contributed by atoms with Crippen molar-refractivity contribution in [1.29, 1.82) is 5.26 Å². The monoisotopic (exact) mass is 254 g/mol. The van der Waals surface area contributed by atoms with Crippen molar-refractivity contribution >= 4 is 11.6 Å². The van der Waals surface area contributed by atoms with Crippen LogP contribution in [0.15, 0.2) is 30.5 Å². The molecule has 1 aliphatic heterocycles. The summed E-state index contributed by atoms with van der Waals surface area (Å²) < 4.78 is 10.9. The minimum Gasteiger partial charge on any atom is -0.486 e. The summed E-state index contributed by atoms with van der Waals surface area (Å²) in [6.45, 7) is 1.10. The van der Waals surface area contributed by atoms with Gasteiger partial charge in [-0.3, -0.25) is 0 Å². The number of hydrogen-bond acceptors (Lipinski definition) is 6. The van der Waals surface area contributed by atoms with Gasteiger partial charge in [-0.1, -0.05) is 0 Å². The molecule has 0 atom stereocenters. The quantitative estimate of drug-likeness (QED) is 0.881. The normalized spacial score (nSPS) is 12.6. The molecule has 0 fully saturated rings. The van der Waals surface area contributed by atoms with E-state index in [9.17, 15) is 0 Å². The molecule has 0 spiro atoms. The molecule has 0 saturated heterocycles. The van der Waals surface area contributed by atoms with E-state index in [0.717, 1.165) is 11.4 Å². The molecule has 0 radical (unpaired) electrons. The molecule has 0 unspecified atom stereocenters. The van der Waals surface area contributed by atoms with E-state index in [1.165, 1.54) is 6.20 Å². The molecule has 1 N–H and O–H groups in total. The number of nitrogens with one attached hydrogen (secondary N) is 1. The second-order valence-electron chi connectivity index (χ2n) is 3.86. The predicted octanol–water partition coefficient (Wildman–Crippen LogP) is 1.86. The lowest BCUT2D eigenvalue weighted by molar-refractivity contribution is 0.171. The number of ether oxygens (including phenoxy) is 2. The summed E-state index contributed by atoms with van der Waals surface area (Å²) in [5.74, 6) is 1.78. The van der Waals surface area contributed by atoms with Crippen molar-refractivity contribution in [3.05, 3.63) is 36.2 Å². The number of anilines is 2. The number of nitriles is 1. The molecule has 2 heterocycles. The van der Waals surface area contributed by atoms with Gasteiger partial charge in [0.1, 0.15) is 25.0 Å². The summed E-state index contributed by atoms with van der Waals surface area (Å²) >= 11 is 0. The molecular formula is C13H10N4O2. The molecule has 1 aliphatic rings. The summed E-state index contributed by atoms with van der Waals surface area (Å²) in [7, 11) is 0. The Hall–Kier alpha value is -2.81. The van der Waals surface area contributed by atoms with Gasteiger partial charge in [-0.25, -0.2) is 9.97 Å². The number of hydrogen-bond donors (Lipinski definition) is 1. The smallest absolute Gasteiger partial charge is 0.228 e. The van der Waals surface area contributed by atoms with Gasteiger partial charge in [0.2, 0.25) is 5.95 Å². The van der Waals surface area contributed by atoms with Crippen LogP contribution in [-0.2, 0) is 0 Å². The summed E-state index contributed by atoms with van der Waals surface area (Å²) in [6.07, 6.45) is 1.53. The summed E-state index contributed by atoms with van der Waals surface area (Å²) in [5, 5.41) is 11.8. The number of fused-ring (bicyclic) bond motifs is 1. The van der Waals surface area contributed by atoms with Gasteiger partial charge in [0.05, 0.1) is 0 Å². The zero-order valence-electron chi connectivity index (χ0n) is 9.96. The Morgan fingerprint density at radius 1 is 1.16 bits per heavy atom. The van der Waals surface area contributed by atoms with E-state index in [1.807, 2.05) is 24.3 Å². The third kappa shape index (κ3) is 2.40. The average Bonchev–Trinajstić information content (AvgIpc) is 2.47. The summed E-state index contributed by atoms with van der Waals surface area (Å²) in [4.78, 5) is 8.09. The highest BCUT2D eigenvalue weighted by molar-refractivity contribution is 5.60. The van der Waals surface area contributed by atoms with Gasteiger partial charge in [0, 0.05) is 18.0 Å². The Kier molecular flexibility index (Phi) is 2.86. The lowest BCUT2D eigenvalue weighted by Crippen LogP contribution is -2.15. The molecule has 3 rings (SSSR count). The van der Waals surface area contributed by atoms with Crippen LogP contribution in [0, 0.1) is 11.3 Å². The molecule has 0 saturated carbocycles. The van der Waals surface area contributed by atoms with Crippen molar-refractivity contribution in [3.8, 4) is 17.6 Å². The van der Waals surface area contributed by atoms with E-state index in [2.05, 4.69) is 15.3 Å². The van der Waals surface area contributed by atoms with Crippen LogP contribution >= 0.6 is 0 Å². The van der Waals surface area contributed by atoms with Crippen LogP contribution in [0.2, 0.25) is 0 Å². The molecule has 0 aliphatic carbocycles. The van der Waals surface area contributed by atoms with Gasteiger partial charge in [-0.05, 0) is 18.2 Å². The van der Waals surface area contributed by atoms with Crippen molar-refractivity contribution in [1.82, 2.24) is 9.97 Å². The molecule has 19 heavy (non-hydrogen) atoms. The Bertz CT molecular complexity index is 651. The second kappa shape index (κ2) is 4.82. The standard InChI is InChI=1S/C13H10N4O2/c14-8-10-3-4-15-13(17-10)16-9-1-2-11-12(7-9)19-6-5-18-11/h1-4,7H,5-6H2,(H,15,16,17). The first kappa shape index (κ1) is 11.3. The van der Waals surface area contributed by atoms with E-state index < -0.39 is 0 Å². The SMILES string of the molecule is N#Cc1ccnc(Nc2ccc3c(c2)OCCO3)n1. The van der Waals surface area contributed by atoms with E-state index in [4.69, 9.17) is 14.7 Å². The maximum absolute atomic E-state index is 8.78. The van der Waals surface area contributed by atoms with Crippen molar-refractivity contribution in [3.63, 3.8) is 0 Å². The third-order valence-electron chi connectivity index (χ3n) is 2.57. The molecule has 6 heteroatoms. The minimum atomic E-state index is 0.315. The largest absolute Gasteiger partial charge is 0.486 e. The fourth-order valence-electron chi connectivity index (χ4n) is 1.73. The lowest BCUT2D eigenvalue weighted by Gasteiger charge is -2.18. The Morgan fingerprint density at radius 2 is 2.00 bits per heavy atom. The van der Waals surface area contributed by atoms with Crippen LogP contribution in [0.3, 0.4) is 0 Å². The van der Waals surface area contributed by atoms with Crippen LogP contribution in [0.5, 0.6) is 11.5 Å². The third-order valence-corrected chi connectivity index (χ3v) is 2.57. The highest BCUT2D eigenvalue weighted by atomic mass is 16.6. The first-order chi connectivity index (χ1) is 9.35. The maximum atomic E-state index is 8.78. The predicted molar refractivity (Wildman–Crippen MR) is 67.5 cm³/mol. The number of nitrogens with zero attached hydrogens (tertiary/aromatic N) is 3. The van der Waals surface area contributed by atoms with Crippen molar-refractivity contribution in [2.24, 2.45) is 0 Å². The lowest BCUT2D eigenvalue weighted by atomic mass is 10.2. The highest BCUT2D eigenvalue weighted by Crippen LogP contribution is 2.33. The fourth-order valence-corrected chi connectivity index (χ4v) is 1.73. The molecule has 1 aromatic heterocycles. The minimum absolute atomic E-state index is 0.315. The van der Waals surface area contributed by atoms with E-state index >= 15 is 0 Å². The zero-order chi connectivity index (χ0) is 13.1.